The van der Waals surface area contributed by atoms with Crippen molar-refractivity contribution in [3.63, 3.8) is 0 Å². The van der Waals surface area contributed by atoms with Crippen molar-refractivity contribution in [1.82, 2.24) is 15.2 Å². The molecule has 1 aliphatic carbocycles. The Morgan fingerprint density at radius 2 is 1.92 bits per heavy atom. The number of hydrogen-bond donors (Lipinski definition) is 1. The molecule has 0 bridgehead atoms. The van der Waals surface area contributed by atoms with Gasteiger partial charge in [-0.3, -0.25) is 9.69 Å². The number of piperazine rings is 1. The van der Waals surface area contributed by atoms with Crippen LogP contribution < -0.4 is 10.2 Å². The number of carbonyl (C=O) groups excluding carboxylic acids is 1. The zero-order valence-electron chi connectivity index (χ0n) is 13.4. The first-order valence-electron chi connectivity index (χ1n) is 8.19. The Bertz CT molecular complexity index is 564. The van der Waals surface area contributed by atoms with E-state index in [2.05, 4.69) is 15.2 Å². The molecule has 1 aliphatic heterocycles. The summed E-state index contributed by atoms with van der Waals surface area (Å²) in [6, 6.07) is 2.46. The average molecular weight is 342 g/mol. The number of hydrogen-bond acceptors (Lipinski definition) is 4. The molecule has 2 aliphatic rings. The molecule has 1 aromatic rings. The fourth-order valence-electron chi connectivity index (χ4n) is 2.72. The van der Waals surface area contributed by atoms with Crippen molar-refractivity contribution in [3.8, 4) is 0 Å². The largest absolute Gasteiger partial charge is 0.417 e. The standard InChI is InChI=1S/C16H21F3N4O/c17-16(18,19)13-3-4-14(20-10-13)23-7-5-22(6-8-23)11-15(24)21-9-12-1-2-12/h3-4,10,12H,1-2,5-9,11H2,(H,21,24). The third-order valence-corrected chi connectivity index (χ3v) is 4.42. The molecule has 0 unspecified atom stereocenters. The van der Waals surface area contributed by atoms with Crippen LogP contribution >= 0.6 is 0 Å². The molecule has 0 radical (unpaired) electrons. The van der Waals surface area contributed by atoms with E-state index in [4.69, 9.17) is 0 Å². The van der Waals surface area contributed by atoms with Crippen molar-refractivity contribution in [1.29, 1.82) is 0 Å². The number of aromatic nitrogens is 1. The molecule has 1 aromatic heterocycles. The van der Waals surface area contributed by atoms with Crippen LogP contribution in [-0.4, -0.2) is 55.1 Å². The molecule has 8 heteroatoms. The van der Waals surface area contributed by atoms with Crippen molar-refractivity contribution in [2.24, 2.45) is 5.92 Å². The van der Waals surface area contributed by atoms with Crippen LogP contribution in [0.15, 0.2) is 18.3 Å². The lowest BCUT2D eigenvalue weighted by Gasteiger charge is -2.35. The SMILES string of the molecule is O=C(CN1CCN(c2ccc(C(F)(F)F)cn2)CC1)NCC1CC1. The highest BCUT2D eigenvalue weighted by atomic mass is 19.4. The molecule has 1 amide bonds. The second-order valence-electron chi connectivity index (χ2n) is 6.41. The Hall–Kier alpha value is -1.83. The zero-order chi connectivity index (χ0) is 17.2. The van der Waals surface area contributed by atoms with Crippen LogP contribution in [-0.2, 0) is 11.0 Å². The van der Waals surface area contributed by atoms with Crippen LogP contribution in [0.25, 0.3) is 0 Å². The minimum atomic E-state index is -4.36. The number of carbonyl (C=O) groups is 1. The first-order valence-corrected chi connectivity index (χ1v) is 8.19. The maximum absolute atomic E-state index is 12.6. The van der Waals surface area contributed by atoms with Crippen molar-refractivity contribution in [2.75, 3.05) is 44.2 Å². The predicted octanol–water partition coefficient (Wildman–Crippen LogP) is 1.75. The van der Waals surface area contributed by atoms with Gasteiger partial charge in [-0.1, -0.05) is 0 Å². The van der Waals surface area contributed by atoms with E-state index in [1.165, 1.54) is 18.9 Å². The highest BCUT2D eigenvalue weighted by Gasteiger charge is 2.31. The summed E-state index contributed by atoms with van der Waals surface area (Å²) in [6.07, 6.45) is -1.08. The highest BCUT2D eigenvalue weighted by molar-refractivity contribution is 5.78. The number of alkyl halides is 3. The highest BCUT2D eigenvalue weighted by Crippen LogP contribution is 2.29. The molecule has 0 spiro atoms. The van der Waals surface area contributed by atoms with E-state index in [9.17, 15) is 18.0 Å². The molecule has 2 heterocycles. The van der Waals surface area contributed by atoms with Crippen molar-refractivity contribution < 1.29 is 18.0 Å². The van der Waals surface area contributed by atoms with Crippen LogP contribution in [0.5, 0.6) is 0 Å². The van der Waals surface area contributed by atoms with E-state index in [0.717, 1.165) is 18.8 Å². The van der Waals surface area contributed by atoms with Gasteiger partial charge in [-0.2, -0.15) is 13.2 Å². The van der Waals surface area contributed by atoms with Crippen molar-refractivity contribution in [3.05, 3.63) is 23.9 Å². The van der Waals surface area contributed by atoms with Gasteiger partial charge in [-0.05, 0) is 30.9 Å². The second-order valence-corrected chi connectivity index (χ2v) is 6.41. The Balaban J connectivity index is 1.45. The Morgan fingerprint density at radius 1 is 1.21 bits per heavy atom. The maximum atomic E-state index is 12.6. The lowest BCUT2D eigenvalue weighted by molar-refractivity contribution is -0.137. The van der Waals surface area contributed by atoms with E-state index >= 15 is 0 Å². The third kappa shape index (κ3) is 4.59. The van der Waals surface area contributed by atoms with E-state index in [-0.39, 0.29) is 5.91 Å². The first-order chi connectivity index (χ1) is 11.4. The molecule has 2 fully saturated rings. The molecule has 132 valence electrons. The van der Waals surface area contributed by atoms with Gasteiger partial charge in [-0.25, -0.2) is 4.98 Å². The fourth-order valence-corrected chi connectivity index (χ4v) is 2.72. The van der Waals surface area contributed by atoms with Gasteiger partial charge in [-0.15, -0.1) is 0 Å². The van der Waals surface area contributed by atoms with Gasteiger partial charge in [0.05, 0.1) is 12.1 Å². The van der Waals surface area contributed by atoms with Gasteiger partial charge in [0.1, 0.15) is 5.82 Å². The van der Waals surface area contributed by atoms with Gasteiger partial charge >= 0.3 is 6.18 Å². The monoisotopic (exact) mass is 342 g/mol. The van der Waals surface area contributed by atoms with Gasteiger partial charge in [0.15, 0.2) is 0 Å². The van der Waals surface area contributed by atoms with Crippen molar-refractivity contribution >= 4 is 11.7 Å². The normalized spacial score (nSPS) is 19.4. The summed E-state index contributed by atoms with van der Waals surface area (Å²) < 4.78 is 37.7. The summed E-state index contributed by atoms with van der Waals surface area (Å²) in [5.74, 6) is 1.25. The van der Waals surface area contributed by atoms with E-state index in [1.54, 1.807) is 0 Å². The molecular weight excluding hydrogens is 321 g/mol. The number of anilines is 1. The lowest BCUT2D eigenvalue weighted by atomic mass is 10.2. The van der Waals surface area contributed by atoms with Crippen LogP contribution in [0.2, 0.25) is 0 Å². The molecule has 3 rings (SSSR count). The second kappa shape index (κ2) is 6.96. The zero-order valence-corrected chi connectivity index (χ0v) is 13.4. The summed E-state index contributed by atoms with van der Waals surface area (Å²) in [5, 5.41) is 2.94. The summed E-state index contributed by atoms with van der Waals surface area (Å²) in [5.41, 5.74) is -0.739. The van der Waals surface area contributed by atoms with Crippen LogP contribution in [0.1, 0.15) is 18.4 Å². The number of nitrogens with zero attached hydrogens (tertiary/aromatic N) is 3. The summed E-state index contributed by atoms with van der Waals surface area (Å²) in [6.45, 7) is 3.83. The van der Waals surface area contributed by atoms with Crippen LogP contribution in [0.4, 0.5) is 19.0 Å². The van der Waals surface area contributed by atoms with Crippen LogP contribution in [0, 0.1) is 5.92 Å². The summed E-state index contributed by atoms with van der Waals surface area (Å²) in [4.78, 5) is 19.8. The number of halogens is 3. The molecule has 5 nitrogen and oxygen atoms in total. The van der Waals surface area contributed by atoms with Crippen molar-refractivity contribution in [2.45, 2.75) is 19.0 Å². The van der Waals surface area contributed by atoms with Gasteiger partial charge in [0, 0.05) is 38.9 Å². The van der Waals surface area contributed by atoms with Crippen LogP contribution in [0.3, 0.4) is 0 Å². The number of pyridine rings is 1. The fraction of sp³-hybridized carbons (Fsp3) is 0.625. The lowest BCUT2D eigenvalue weighted by Crippen LogP contribution is -2.49. The third-order valence-electron chi connectivity index (χ3n) is 4.42. The predicted molar refractivity (Wildman–Crippen MR) is 83.6 cm³/mol. The molecule has 24 heavy (non-hydrogen) atoms. The van der Waals surface area contributed by atoms with Gasteiger partial charge in [0.2, 0.25) is 5.91 Å². The molecule has 0 atom stereocenters. The number of rotatable bonds is 5. The minimum absolute atomic E-state index is 0.0444. The Morgan fingerprint density at radius 3 is 2.46 bits per heavy atom. The average Bonchev–Trinajstić information content (AvgIpc) is 3.37. The van der Waals surface area contributed by atoms with E-state index in [0.29, 0.717) is 44.5 Å². The first kappa shape index (κ1) is 17.0. The molecule has 1 N–H and O–H groups in total. The van der Waals surface area contributed by atoms with E-state index < -0.39 is 11.7 Å². The Labute approximate surface area is 138 Å². The Kier molecular flexibility index (Phi) is 4.93. The number of nitrogens with one attached hydrogen (secondary N) is 1. The van der Waals surface area contributed by atoms with E-state index in [1.807, 2.05) is 4.90 Å². The molecule has 0 aromatic carbocycles. The quantitative estimate of drug-likeness (QED) is 0.886. The summed E-state index contributed by atoms with van der Waals surface area (Å²) in [7, 11) is 0. The topological polar surface area (TPSA) is 48.5 Å². The minimum Gasteiger partial charge on any atom is -0.355 e. The smallest absolute Gasteiger partial charge is 0.355 e. The van der Waals surface area contributed by atoms with Gasteiger partial charge < -0.3 is 10.2 Å². The molecular formula is C16H21F3N4O. The summed E-state index contributed by atoms with van der Waals surface area (Å²) >= 11 is 0. The molecule has 1 saturated heterocycles. The maximum Gasteiger partial charge on any atom is 0.417 e. The van der Waals surface area contributed by atoms with Gasteiger partial charge in [0.25, 0.3) is 0 Å². The number of amides is 1. The molecule has 1 saturated carbocycles.